The van der Waals surface area contributed by atoms with Gasteiger partial charge in [0.1, 0.15) is 16.6 Å². The summed E-state index contributed by atoms with van der Waals surface area (Å²) in [5, 5.41) is 6.48. The van der Waals surface area contributed by atoms with E-state index in [9.17, 15) is 4.39 Å². The fourth-order valence-corrected chi connectivity index (χ4v) is 3.34. The molecule has 3 nitrogen and oxygen atoms in total. The minimum atomic E-state index is -0.365. The van der Waals surface area contributed by atoms with Crippen LogP contribution in [0.2, 0.25) is 5.02 Å². The highest BCUT2D eigenvalue weighted by Crippen LogP contribution is 2.36. The van der Waals surface area contributed by atoms with Crippen LogP contribution in [-0.2, 0) is 0 Å². The molecule has 1 aromatic carbocycles. The summed E-state index contributed by atoms with van der Waals surface area (Å²) in [6.07, 6.45) is 2.65. The molecule has 1 N–H and O–H groups in total. The monoisotopic (exact) mass is 312 g/mol. The van der Waals surface area contributed by atoms with Gasteiger partial charge in [0, 0.05) is 24.0 Å². The molecule has 1 aromatic heterocycles. The number of thiazole rings is 1. The van der Waals surface area contributed by atoms with Gasteiger partial charge in [-0.2, -0.15) is 0 Å². The maximum absolute atomic E-state index is 13.1. The Hall–Kier alpha value is -1.17. The van der Waals surface area contributed by atoms with Crippen LogP contribution in [-0.4, -0.2) is 18.1 Å². The number of nitrogens with one attached hydrogen (secondary N) is 1. The van der Waals surface area contributed by atoms with E-state index in [2.05, 4.69) is 10.3 Å². The smallest absolute Gasteiger partial charge is 0.154 e. The Morgan fingerprint density at radius 1 is 1.50 bits per heavy atom. The summed E-state index contributed by atoms with van der Waals surface area (Å²) >= 11 is 7.61. The summed E-state index contributed by atoms with van der Waals surface area (Å²) in [6.45, 7) is 1.87. The van der Waals surface area contributed by atoms with Crippen LogP contribution in [0.4, 0.5) is 4.39 Å². The topological polar surface area (TPSA) is 34.1 Å². The molecule has 1 saturated heterocycles. The number of hydrogen-bond acceptors (Lipinski definition) is 4. The van der Waals surface area contributed by atoms with Crippen molar-refractivity contribution >= 4 is 22.9 Å². The van der Waals surface area contributed by atoms with Gasteiger partial charge in [-0.05, 0) is 31.2 Å². The molecule has 0 bridgehead atoms. The third kappa shape index (κ3) is 2.95. The van der Waals surface area contributed by atoms with Crippen molar-refractivity contribution in [3.63, 3.8) is 0 Å². The minimum Gasteiger partial charge on any atom is -0.481 e. The molecule has 20 heavy (non-hydrogen) atoms. The predicted octanol–water partition coefficient (Wildman–Crippen LogP) is 3.67. The summed E-state index contributed by atoms with van der Waals surface area (Å²) in [6, 6.07) is 4.19. The summed E-state index contributed by atoms with van der Waals surface area (Å²) in [5.41, 5.74) is 0. The van der Waals surface area contributed by atoms with Crippen LogP contribution < -0.4 is 10.1 Å². The van der Waals surface area contributed by atoms with Crippen molar-refractivity contribution in [2.45, 2.75) is 12.5 Å². The SMILES string of the molecule is Fc1ccc(O[C@H](c2nccs2)[C@@H]2CCNC2)c(Cl)c1. The third-order valence-electron chi connectivity index (χ3n) is 3.37. The number of rotatable bonds is 4. The van der Waals surface area contributed by atoms with Gasteiger partial charge >= 0.3 is 0 Å². The molecule has 2 aromatic rings. The van der Waals surface area contributed by atoms with E-state index in [-0.39, 0.29) is 16.9 Å². The number of benzene rings is 1. The quantitative estimate of drug-likeness (QED) is 0.935. The molecule has 6 heteroatoms. The number of ether oxygens (including phenoxy) is 1. The molecule has 1 aliphatic heterocycles. The fraction of sp³-hybridized carbons (Fsp3) is 0.357. The average Bonchev–Trinajstić information content (AvgIpc) is 3.11. The fourth-order valence-electron chi connectivity index (χ4n) is 2.37. The van der Waals surface area contributed by atoms with Crippen molar-refractivity contribution in [1.29, 1.82) is 0 Å². The predicted molar refractivity (Wildman–Crippen MR) is 77.9 cm³/mol. The summed E-state index contributed by atoms with van der Waals surface area (Å²) in [4.78, 5) is 4.35. The summed E-state index contributed by atoms with van der Waals surface area (Å²) in [7, 11) is 0. The van der Waals surface area contributed by atoms with E-state index in [4.69, 9.17) is 16.3 Å². The van der Waals surface area contributed by atoms with Crippen molar-refractivity contribution in [3.05, 3.63) is 45.6 Å². The Balaban J connectivity index is 1.86. The normalized spacial score (nSPS) is 20.0. The van der Waals surface area contributed by atoms with E-state index in [1.807, 2.05) is 5.38 Å². The van der Waals surface area contributed by atoms with E-state index in [0.29, 0.717) is 11.7 Å². The number of nitrogens with zero attached hydrogens (tertiary/aromatic N) is 1. The van der Waals surface area contributed by atoms with Crippen LogP contribution in [0.15, 0.2) is 29.8 Å². The van der Waals surface area contributed by atoms with Crippen LogP contribution in [0.3, 0.4) is 0 Å². The lowest BCUT2D eigenvalue weighted by molar-refractivity contribution is 0.144. The second kappa shape index (κ2) is 6.08. The first-order valence-corrected chi connectivity index (χ1v) is 7.71. The first kappa shape index (κ1) is 13.8. The molecule has 1 fully saturated rings. The Kier molecular flexibility index (Phi) is 4.19. The average molecular weight is 313 g/mol. The Morgan fingerprint density at radius 3 is 3.05 bits per heavy atom. The molecular weight excluding hydrogens is 299 g/mol. The molecule has 2 heterocycles. The van der Waals surface area contributed by atoms with E-state index in [0.717, 1.165) is 24.5 Å². The molecule has 0 unspecified atom stereocenters. The van der Waals surface area contributed by atoms with Gasteiger partial charge in [-0.25, -0.2) is 9.37 Å². The van der Waals surface area contributed by atoms with E-state index < -0.39 is 0 Å². The third-order valence-corrected chi connectivity index (χ3v) is 4.50. The van der Waals surface area contributed by atoms with Gasteiger partial charge in [-0.3, -0.25) is 0 Å². The van der Waals surface area contributed by atoms with Gasteiger partial charge in [0.05, 0.1) is 5.02 Å². The molecule has 0 aliphatic carbocycles. The van der Waals surface area contributed by atoms with E-state index >= 15 is 0 Å². The lowest BCUT2D eigenvalue weighted by atomic mass is 10.0. The zero-order chi connectivity index (χ0) is 13.9. The molecular formula is C14H14ClFN2OS. The van der Waals surface area contributed by atoms with Gasteiger partial charge in [0.15, 0.2) is 6.10 Å². The highest BCUT2D eigenvalue weighted by atomic mass is 35.5. The largest absolute Gasteiger partial charge is 0.481 e. The van der Waals surface area contributed by atoms with Crippen LogP contribution in [0.1, 0.15) is 17.5 Å². The molecule has 3 rings (SSSR count). The van der Waals surface area contributed by atoms with Gasteiger partial charge in [0.25, 0.3) is 0 Å². The zero-order valence-electron chi connectivity index (χ0n) is 10.7. The Morgan fingerprint density at radius 2 is 2.40 bits per heavy atom. The summed E-state index contributed by atoms with van der Waals surface area (Å²) < 4.78 is 19.1. The van der Waals surface area contributed by atoms with Gasteiger partial charge in [-0.15, -0.1) is 11.3 Å². The Bertz CT molecular complexity index is 573. The maximum atomic E-state index is 13.1. The van der Waals surface area contributed by atoms with Crippen LogP contribution >= 0.6 is 22.9 Å². The van der Waals surface area contributed by atoms with Crippen molar-refractivity contribution < 1.29 is 9.13 Å². The summed E-state index contributed by atoms with van der Waals surface area (Å²) in [5.74, 6) is 0.484. The molecule has 0 amide bonds. The molecule has 106 valence electrons. The first-order valence-electron chi connectivity index (χ1n) is 6.46. The van der Waals surface area contributed by atoms with Gasteiger partial charge in [0.2, 0.25) is 0 Å². The first-order chi connectivity index (χ1) is 9.74. The highest BCUT2D eigenvalue weighted by molar-refractivity contribution is 7.09. The maximum Gasteiger partial charge on any atom is 0.154 e. The van der Waals surface area contributed by atoms with Crippen molar-refractivity contribution in [2.75, 3.05) is 13.1 Å². The lowest BCUT2D eigenvalue weighted by Crippen LogP contribution is -2.21. The molecule has 0 spiro atoms. The van der Waals surface area contributed by atoms with E-state index in [1.165, 1.54) is 12.1 Å². The van der Waals surface area contributed by atoms with Crippen LogP contribution in [0.5, 0.6) is 5.75 Å². The van der Waals surface area contributed by atoms with Crippen molar-refractivity contribution in [2.24, 2.45) is 5.92 Å². The molecule has 2 atom stereocenters. The highest BCUT2D eigenvalue weighted by Gasteiger charge is 2.30. The lowest BCUT2D eigenvalue weighted by Gasteiger charge is -2.23. The van der Waals surface area contributed by atoms with Crippen LogP contribution in [0.25, 0.3) is 0 Å². The van der Waals surface area contributed by atoms with Gasteiger partial charge < -0.3 is 10.1 Å². The number of hydrogen-bond donors (Lipinski definition) is 1. The van der Waals surface area contributed by atoms with Gasteiger partial charge in [-0.1, -0.05) is 11.6 Å². The standard InChI is InChI=1S/C14H14ClFN2OS/c15-11-7-10(16)1-2-12(11)19-13(9-3-4-17-8-9)14-18-5-6-20-14/h1-2,5-7,9,13,17H,3-4,8H2/t9-,13+/m1/s1. The second-order valence-corrected chi connectivity index (χ2v) is 6.07. The van der Waals surface area contributed by atoms with Crippen LogP contribution in [0, 0.1) is 11.7 Å². The number of aromatic nitrogens is 1. The number of halogens is 2. The Labute approximate surface area is 125 Å². The van der Waals surface area contributed by atoms with Crippen molar-refractivity contribution in [1.82, 2.24) is 10.3 Å². The molecule has 0 saturated carbocycles. The van der Waals surface area contributed by atoms with E-state index in [1.54, 1.807) is 23.6 Å². The molecule has 0 radical (unpaired) electrons. The zero-order valence-corrected chi connectivity index (χ0v) is 12.3. The molecule has 1 aliphatic rings. The van der Waals surface area contributed by atoms with Crippen molar-refractivity contribution in [3.8, 4) is 5.75 Å². The second-order valence-electron chi connectivity index (χ2n) is 4.74. The minimum absolute atomic E-state index is 0.145.